The van der Waals surface area contributed by atoms with Crippen molar-refractivity contribution in [2.75, 3.05) is 16.8 Å². The molecule has 0 heterocycles. The van der Waals surface area contributed by atoms with E-state index in [9.17, 15) is 9.59 Å². The first-order valence-electron chi connectivity index (χ1n) is 10.6. The molecule has 0 atom stereocenters. The number of thiol groups is 1. The minimum atomic E-state index is -0.0561. The standard InChI is InChI=1S/C13H10BrNO.C13H11NO.CH2Cl2.BHNS/c14-10-6-7-12(15)11(8-10)13(16)9-4-2-1-3-5-9;14-12-9-5-4-8-11(12)13(15)10-6-2-1-3-7-10;2-1-3;1-2-3/h1-8H,15H2;1-9H,14H2;1H2;3H. The Morgan fingerprint density at radius 1 is 0.730 bits per heavy atom. The van der Waals surface area contributed by atoms with E-state index in [0.717, 1.165) is 4.47 Å². The molecule has 0 amide bonds. The van der Waals surface area contributed by atoms with Crippen molar-refractivity contribution in [3.05, 3.63) is 130 Å². The van der Waals surface area contributed by atoms with E-state index in [4.69, 9.17) is 34.7 Å². The zero-order valence-electron chi connectivity index (χ0n) is 19.6. The van der Waals surface area contributed by atoms with E-state index in [0.29, 0.717) is 33.6 Å². The Bertz CT molecular complexity index is 1280. The molecule has 0 aliphatic heterocycles. The van der Waals surface area contributed by atoms with E-state index in [2.05, 4.69) is 40.7 Å². The predicted octanol–water partition coefficient (Wildman–Crippen LogP) is 7.37. The third-order valence-corrected chi connectivity index (χ3v) is 5.03. The van der Waals surface area contributed by atoms with Gasteiger partial charge in [-0.3, -0.25) is 9.59 Å². The summed E-state index contributed by atoms with van der Waals surface area (Å²) in [5, 5.41) is 0.194. The van der Waals surface area contributed by atoms with Crippen LogP contribution in [0, 0.1) is 0 Å². The number of nitrogens with two attached hydrogens (primary N) is 2. The number of benzene rings is 4. The Morgan fingerprint density at radius 2 is 1.11 bits per heavy atom. The molecule has 5 nitrogen and oxygen atoms in total. The Morgan fingerprint density at radius 3 is 1.57 bits per heavy atom. The van der Waals surface area contributed by atoms with Crippen LogP contribution in [-0.4, -0.2) is 24.5 Å². The number of halogens is 3. The first-order valence-corrected chi connectivity index (χ1v) is 12.8. The maximum atomic E-state index is 12.1. The van der Waals surface area contributed by atoms with Crippen molar-refractivity contribution < 1.29 is 9.59 Å². The molecule has 0 aromatic heterocycles. The van der Waals surface area contributed by atoms with Crippen LogP contribution in [0.25, 0.3) is 0 Å². The molecule has 0 fully saturated rings. The van der Waals surface area contributed by atoms with Crippen LogP contribution in [0.15, 0.2) is 112 Å². The van der Waals surface area contributed by atoms with Crippen LogP contribution >= 0.6 is 51.9 Å². The summed E-state index contributed by atoms with van der Waals surface area (Å²) in [6.07, 6.45) is 0. The molecule has 0 aliphatic carbocycles. The second kappa shape index (κ2) is 18.4. The van der Waals surface area contributed by atoms with E-state index >= 15 is 0 Å². The van der Waals surface area contributed by atoms with E-state index in [1.807, 2.05) is 54.6 Å². The molecule has 0 unspecified atom stereocenters. The van der Waals surface area contributed by atoms with Gasteiger partial charge in [0.15, 0.2) is 11.6 Å². The second-order valence-corrected chi connectivity index (χ2v) is 8.88. The number of alkyl halides is 2. The number of hydrogen-bond donors (Lipinski definition) is 3. The molecule has 4 aromatic carbocycles. The molecule has 37 heavy (non-hydrogen) atoms. The van der Waals surface area contributed by atoms with Crippen molar-refractivity contribution in [1.29, 1.82) is 0 Å². The SMILES string of the molecule is ClCCl.Nc1ccc(Br)cc1C(=O)c1ccccc1.Nc1ccccc1C(=O)c1ccccc1.[B]=NS. The fraction of sp³-hybridized carbons (Fsp3) is 0.0370. The summed E-state index contributed by atoms with van der Waals surface area (Å²) in [5.74, 6) is -0.0897. The molecule has 4 rings (SSSR count). The summed E-state index contributed by atoms with van der Waals surface area (Å²) in [6.45, 7) is 0. The van der Waals surface area contributed by atoms with Crippen LogP contribution in [0.4, 0.5) is 11.4 Å². The zero-order valence-corrected chi connectivity index (χ0v) is 23.6. The maximum absolute atomic E-state index is 12.1. The second-order valence-electron chi connectivity index (χ2n) is 6.93. The van der Waals surface area contributed by atoms with Crippen LogP contribution in [0.3, 0.4) is 0 Å². The summed E-state index contributed by atoms with van der Waals surface area (Å²) < 4.78 is 3.54. The topological polar surface area (TPSA) is 98.5 Å². The van der Waals surface area contributed by atoms with E-state index in [1.54, 1.807) is 48.5 Å². The van der Waals surface area contributed by atoms with Crippen LogP contribution < -0.4 is 11.5 Å². The van der Waals surface area contributed by atoms with Crippen molar-refractivity contribution in [2.24, 2.45) is 4.30 Å². The average Bonchev–Trinajstić information content (AvgIpc) is 2.92. The first-order chi connectivity index (χ1) is 17.8. The van der Waals surface area contributed by atoms with Gasteiger partial charge in [-0.2, -0.15) is 0 Å². The summed E-state index contributed by atoms with van der Waals surface area (Å²) in [6, 6.07) is 30.6. The third-order valence-electron chi connectivity index (χ3n) is 4.54. The molecule has 189 valence electrons. The summed E-state index contributed by atoms with van der Waals surface area (Å²) in [4.78, 5) is 24.1. The number of carbonyl (C=O) groups excluding carboxylic acids is 2. The fourth-order valence-electron chi connectivity index (χ4n) is 2.92. The first kappa shape index (κ1) is 32.1. The van der Waals surface area contributed by atoms with Gasteiger partial charge in [0.25, 0.3) is 0 Å². The molecule has 0 bridgehead atoms. The van der Waals surface area contributed by atoms with Crippen molar-refractivity contribution in [2.45, 2.75) is 0 Å². The van der Waals surface area contributed by atoms with E-state index < -0.39 is 0 Å². The van der Waals surface area contributed by atoms with Crippen LogP contribution in [0.1, 0.15) is 31.8 Å². The van der Waals surface area contributed by atoms with Crippen LogP contribution in [0.2, 0.25) is 0 Å². The fourth-order valence-corrected chi connectivity index (χ4v) is 3.28. The van der Waals surface area contributed by atoms with Gasteiger partial charge in [0.1, 0.15) is 0 Å². The van der Waals surface area contributed by atoms with E-state index in [-0.39, 0.29) is 16.9 Å². The molecule has 4 N–H and O–H groups in total. The number of hydrogen-bond acceptors (Lipinski definition) is 6. The number of para-hydroxylation sites is 1. The van der Waals surface area contributed by atoms with Crippen LogP contribution in [0.5, 0.6) is 0 Å². The molecular formula is C27H24BBrCl2N3O2S. The predicted molar refractivity (Wildman–Crippen MR) is 163 cm³/mol. The monoisotopic (exact) mass is 614 g/mol. The number of nitrogens with zero attached hydrogens (tertiary/aromatic N) is 1. The molecular weight excluding hydrogens is 592 g/mol. The number of anilines is 2. The van der Waals surface area contributed by atoms with Crippen LogP contribution in [-0.2, 0) is 0 Å². The van der Waals surface area contributed by atoms with Crippen molar-refractivity contribution in [1.82, 2.24) is 0 Å². The zero-order chi connectivity index (χ0) is 27.6. The number of rotatable bonds is 4. The van der Waals surface area contributed by atoms with Crippen molar-refractivity contribution in [3.8, 4) is 0 Å². The molecule has 0 spiro atoms. The van der Waals surface area contributed by atoms with Gasteiger partial charge in [-0.15, -0.1) is 23.2 Å². The molecule has 0 saturated heterocycles. The number of nitrogen functional groups attached to an aromatic ring is 2. The third kappa shape index (κ3) is 11.4. The molecule has 4 aromatic rings. The molecule has 10 heteroatoms. The van der Waals surface area contributed by atoms with Gasteiger partial charge < -0.3 is 11.5 Å². The molecule has 0 saturated carbocycles. The molecule has 0 aliphatic rings. The van der Waals surface area contributed by atoms with Gasteiger partial charge in [0.2, 0.25) is 0 Å². The van der Waals surface area contributed by atoms with Gasteiger partial charge in [-0.05, 0) is 30.3 Å². The quantitative estimate of drug-likeness (QED) is 0.0734. The Hall–Kier alpha value is -2.91. The Labute approximate surface area is 242 Å². The minimum absolute atomic E-state index is 0.0336. The summed E-state index contributed by atoms with van der Waals surface area (Å²) in [5.41, 5.74) is 14.9. The Kier molecular flexibility index (Phi) is 15.9. The Balaban J connectivity index is 0.000000306. The number of ketones is 2. The van der Waals surface area contributed by atoms with Gasteiger partial charge >= 0.3 is 24.8 Å². The average molecular weight is 616 g/mol. The van der Waals surface area contributed by atoms with E-state index in [1.165, 1.54) is 0 Å². The van der Waals surface area contributed by atoms with Crippen molar-refractivity contribution in [3.63, 3.8) is 0 Å². The summed E-state index contributed by atoms with van der Waals surface area (Å²) >= 11 is 16.0. The van der Waals surface area contributed by atoms with Gasteiger partial charge in [-0.25, -0.2) is 0 Å². The number of carbonyl (C=O) groups is 2. The van der Waals surface area contributed by atoms with Crippen molar-refractivity contribution >= 4 is 82.5 Å². The molecule has 1 radical (unpaired) electrons. The summed E-state index contributed by atoms with van der Waals surface area (Å²) in [7, 11) is 4.34. The normalized spacial score (nSPS) is 9.16. The van der Waals surface area contributed by atoms with Gasteiger partial charge in [0, 0.05) is 38.1 Å². The van der Waals surface area contributed by atoms with Gasteiger partial charge in [0.05, 0.1) is 5.34 Å². The van der Waals surface area contributed by atoms with Gasteiger partial charge in [-0.1, -0.05) is 88.7 Å².